The molecule has 1 heterocycles. The third-order valence-electron chi connectivity index (χ3n) is 5.31. The van der Waals surface area contributed by atoms with E-state index in [2.05, 4.69) is 10.2 Å². The van der Waals surface area contributed by atoms with E-state index in [1.807, 2.05) is 6.07 Å². The molecule has 196 valence electrons. The number of hydrogen-bond donors (Lipinski definition) is 1. The van der Waals surface area contributed by atoms with Gasteiger partial charge in [-0.15, -0.1) is 10.2 Å². The molecule has 1 aromatic heterocycles. The summed E-state index contributed by atoms with van der Waals surface area (Å²) in [5, 5.41) is 27.6. The molecule has 38 heavy (non-hydrogen) atoms. The van der Waals surface area contributed by atoms with Crippen molar-refractivity contribution in [2.45, 2.75) is 32.3 Å². The summed E-state index contributed by atoms with van der Waals surface area (Å²) >= 11 is 18.6. The third-order valence-corrected chi connectivity index (χ3v) is 6.14. The maximum absolute atomic E-state index is 15.4. The van der Waals surface area contributed by atoms with Gasteiger partial charge in [0.15, 0.2) is 11.6 Å². The van der Waals surface area contributed by atoms with E-state index >= 15 is 4.39 Å². The summed E-state index contributed by atoms with van der Waals surface area (Å²) in [5.41, 5.74) is 0.0983. The van der Waals surface area contributed by atoms with Gasteiger partial charge in [-0.3, -0.25) is 0 Å². The molecule has 0 aliphatic rings. The predicted molar refractivity (Wildman–Crippen MR) is 142 cm³/mol. The highest BCUT2D eigenvalue weighted by Gasteiger charge is 2.19. The molecular formula is C27H21Cl3FN3O4. The molecule has 4 rings (SSSR count). The van der Waals surface area contributed by atoms with E-state index in [1.165, 1.54) is 30.3 Å². The van der Waals surface area contributed by atoms with Crippen molar-refractivity contribution in [3.05, 3.63) is 86.4 Å². The molecule has 0 saturated heterocycles. The van der Waals surface area contributed by atoms with Gasteiger partial charge in [0, 0.05) is 17.0 Å². The van der Waals surface area contributed by atoms with Crippen LogP contribution in [0.3, 0.4) is 0 Å². The van der Waals surface area contributed by atoms with E-state index in [0.717, 1.165) is 0 Å². The number of aliphatic hydroxyl groups is 1. The highest BCUT2D eigenvalue weighted by molar-refractivity contribution is 6.33. The highest BCUT2D eigenvalue weighted by Crippen LogP contribution is 2.36. The Kier molecular flexibility index (Phi) is 8.44. The Hall–Kier alpha value is -3.35. The van der Waals surface area contributed by atoms with Crippen LogP contribution in [0, 0.1) is 17.1 Å². The molecule has 0 saturated carbocycles. The second-order valence-corrected chi connectivity index (χ2v) is 10.2. The van der Waals surface area contributed by atoms with Crippen molar-refractivity contribution in [1.82, 2.24) is 10.2 Å². The molecule has 0 spiro atoms. The van der Waals surface area contributed by atoms with Crippen molar-refractivity contribution in [3.63, 3.8) is 0 Å². The summed E-state index contributed by atoms with van der Waals surface area (Å²) in [6.45, 7) is 3.72. The lowest BCUT2D eigenvalue weighted by atomic mass is 10.1. The smallest absolute Gasteiger partial charge is 0.249 e. The number of benzene rings is 3. The molecule has 0 fully saturated rings. The van der Waals surface area contributed by atoms with Gasteiger partial charge < -0.3 is 19.0 Å². The standard InChI is InChI=1S/C27H21Cl3FN3O4/c1-27(2,35)7-8-36-18-4-5-20(22(30)13-18)26-34-33-23(38-26)11-16-3-6-21(29)25(24(16)31)37-19-10-15(14-32)9-17(28)12-19/h3-6,9-10,12-13,35H,7-8,11H2,1-2H3. The number of nitriles is 1. The summed E-state index contributed by atoms with van der Waals surface area (Å²) in [6, 6.07) is 14.2. The molecule has 3 aromatic carbocycles. The molecule has 11 heteroatoms. The number of hydrogen-bond acceptors (Lipinski definition) is 7. The normalized spacial score (nSPS) is 11.3. The first kappa shape index (κ1) is 27.7. The largest absolute Gasteiger partial charge is 0.493 e. The third kappa shape index (κ3) is 6.94. The van der Waals surface area contributed by atoms with Gasteiger partial charge in [0.05, 0.1) is 45.9 Å². The van der Waals surface area contributed by atoms with Gasteiger partial charge in [-0.05, 0) is 56.3 Å². The van der Waals surface area contributed by atoms with Crippen LogP contribution in [0.25, 0.3) is 11.5 Å². The number of aromatic nitrogens is 2. The Balaban J connectivity index is 1.50. The van der Waals surface area contributed by atoms with E-state index in [-0.39, 0.29) is 50.9 Å². The Bertz CT molecular complexity index is 1510. The lowest BCUT2D eigenvalue weighted by molar-refractivity contribution is 0.0553. The number of rotatable bonds is 9. The minimum absolute atomic E-state index is 0.0348. The van der Waals surface area contributed by atoms with Crippen LogP contribution < -0.4 is 9.47 Å². The summed E-state index contributed by atoms with van der Waals surface area (Å²) < 4.78 is 32.4. The molecule has 0 unspecified atom stereocenters. The molecule has 0 amide bonds. The molecule has 1 N–H and O–H groups in total. The van der Waals surface area contributed by atoms with Crippen LogP contribution >= 0.6 is 34.8 Å². The van der Waals surface area contributed by atoms with Gasteiger partial charge in [-0.25, -0.2) is 4.39 Å². The maximum Gasteiger partial charge on any atom is 0.249 e. The summed E-state index contributed by atoms with van der Waals surface area (Å²) in [5.74, 6) is 0.0408. The zero-order valence-corrected chi connectivity index (χ0v) is 22.5. The van der Waals surface area contributed by atoms with Crippen molar-refractivity contribution < 1.29 is 23.4 Å². The maximum atomic E-state index is 15.4. The van der Waals surface area contributed by atoms with Gasteiger partial charge >= 0.3 is 0 Å². The summed E-state index contributed by atoms with van der Waals surface area (Å²) in [6.07, 6.45) is 0.411. The quantitative estimate of drug-likeness (QED) is 0.218. The lowest BCUT2D eigenvalue weighted by Gasteiger charge is -2.17. The highest BCUT2D eigenvalue weighted by atomic mass is 35.5. The fourth-order valence-electron chi connectivity index (χ4n) is 3.38. The van der Waals surface area contributed by atoms with Crippen LogP contribution in [0.5, 0.6) is 17.2 Å². The van der Waals surface area contributed by atoms with Crippen molar-refractivity contribution >= 4 is 34.8 Å². The minimum Gasteiger partial charge on any atom is -0.493 e. The molecule has 7 nitrogen and oxygen atoms in total. The van der Waals surface area contributed by atoms with Crippen LogP contribution in [0.4, 0.5) is 4.39 Å². The Morgan fingerprint density at radius 2 is 1.82 bits per heavy atom. The fourth-order valence-corrected chi connectivity index (χ4v) is 4.04. The molecule has 0 aliphatic carbocycles. The van der Waals surface area contributed by atoms with Crippen LogP contribution in [0.1, 0.15) is 37.3 Å². The lowest BCUT2D eigenvalue weighted by Crippen LogP contribution is -2.21. The van der Waals surface area contributed by atoms with Gasteiger partial charge in [0.1, 0.15) is 11.5 Å². The van der Waals surface area contributed by atoms with Crippen LogP contribution in [-0.4, -0.2) is 27.5 Å². The van der Waals surface area contributed by atoms with Crippen LogP contribution in [-0.2, 0) is 6.42 Å². The average molecular weight is 577 g/mol. The van der Waals surface area contributed by atoms with Crippen LogP contribution in [0.2, 0.25) is 15.1 Å². The predicted octanol–water partition coefficient (Wildman–Crippen LogP) is 7.63. The summed E-state index contributed by atoms with van der Waals surface area (Å²) in [7, 11) is 0. The molecule has 0 radical (unpaired) electrons. The zero-order chi connectivity index (χ0) is 27.4. The van der Waals surface area contributed by atoms with Crippen LogP contribution in [0.15, 0.2) is 52.9 Å². The van der Waals surface area contributed by atoms with Crippen molar-refractivity contribution in [1.29, 1.82) is 5.26 Å². The first-order valence-corrected chi connectivity index (χ1v) is 12.5. The molecule has 0 atom stereocenters. The number of ether oxygens (including phenoxy) is 2. The van der Waals surface area contributed by atoms with Crippen molar-refractivity contribution in [2.75, 3.05) is 6.61 Å². The minimum atomic E-state index is -0.837. The Labute approximate surface area is 233 Å². The van der Waals surface area contributed by atoms with Gasteiger partial charge in [-0.1, -0.05) is 40.9 Å². The van der Waals surface area contributed by atoms with Gasteiger partial charge in [0.2, 0.25) is 11.8 Å². The molecular weight excluding hydrogens is 556 g/mol. The topological polar surface area (TPSA) is 101 Å². The second kappa shape index (κ2) is 11.6. The van der Waals surface area contributed by atoms with Crippen molar-refractivity contribution in [2.24, 2.45) is 0 Å². The Morgan fingerprint density at radius 1 is 1.03 bits per heavy atom. The SMILES string of the molecule is CC(C)(O)CCOc1ccc(-c2nnc(Cc3ccc(Cl)c(Oc4cc(Cl)cc(C#N)c4)c3F)o2)c(Cl)c1. The Morgan fingerprint density at radius 3 is 2.53 bits per heavy atom. The van der Waals surface area contributed by atoms with E-state index in [4.69, 9.17) is 54.0 Å². The van der Waals surface area contributed by atoms with Crippen molar-refractivity contribution in [3.8, 4) is 34.8 Å². The van der Waals surface area contributed by atoms with Gasteiger partial charge in [0.25, 0.3) is 0 Å². The average Bonchev–Trinajstić information content (AvgIpc) is 3.30. The van der Waals surface area contributed by atoms with E-state index < -0.39 is 11.4 Å². The first-order valence-electron chi connectivity index (χ1n) is 11.4. The molecule has 4 aromatic rings. The molecule has 0 aliphatic heterocycles. The number of nitrogens with zero attached hydrogens (tertiary/aromatic N) is 3. The monoisotopic (exact) mass is 575 g/mol. The number of halogens is 4. The summed E-state index contributed by atoms with van der Waals surface area (Å²) in [4.78, 5) is 0. The van der Waals surface area contributed by atoms with E-state index in [1.54, 1.807) is 32.0 Å². The van der Waals surface area contributed by atoms with Gasteiger partial charge in [-0.2, -0.15) is 5.26 Å². The molecule has 0 bridgehead atoms. The van der Waals surface area contributed by atoms with E-state index in [9.17, 15) is 5.11 Å². The van der Waals surface area contributed by atoms with E-state index in [0.29, 0.717) is 29.4 Å². The second-order valence-electron chi connectivity index (χ2n) is 8.97. The first-order chi connectivity index (χ1) is 18.0. The zero-order valence-electron chi connectivity index (χ0n) is 20.3. The fraction of sp³-hybridized carbons (Fsp3) is 0.222.